The second-order valence-electron chi connectivity index (χ2n) is 4.25. The summed E-state index contributed by atoms with van der Waals surface area (Å²) in [5.74, 6) is -5.06. The lowest BCUT2D eigenvalue weighted by Gasteiger charge is -2.12. The third-order valence-electron chi connectivity index (χ3n) is 2.84. The summed E-state index contributed by atoms with van der Waals surface area (Å²) in [4.78, 5) is 12.0. The molecule has 2 aromatic carbocycles. The van der Waals surface area contributed by atoms with Gasteiger partial charge in [-0.2, -0.15) is 5.26 Å². The Labute approximate surface area is 117 Å². The van der Waals surface area contributed by atoms with Gasteiger partial charge in [0.2, 0.25) is 0 Å². The summed E-state index contributed by atoms with van der Waals surface area (Å²) in [7, 11) is 0. The number of aliphatic hydroxyl groups is 1. The second-order valence-corrected chi connectivity index (χ2v) is 4.25. The van der Waals surface area contributed by atoms with Gasteiger partial charge in [-0.15, -0.1) is 0 Å². The van der Waals surface area contributed by atoms with Crippen molar-refractivity contribution >= 4 is 5.78 Å². The van der Waals surface area contributed by atoms with E-state index in [0.717, 1.165) is 0 Å². The van der Waals surface area contributed by atoms with Crippen LogP contribution < -0.4 is 0 Å². The van der Waals surface area contributed by atoms with Crippen molar-refractivity contribution < 1.29 is 23.1 Å². The van der Waals surface area contributed by atoms with Gasteiger partial charge in [0.25, 0.3) is 0 Å². The first kappa shape index (κ1) is 14.8. The Bertz CT molecular complexity index is 753. The minimum atomic E-state index is -2.07. The molecule has 0 radical (unpaired) electrons. The van der Waals surface area contributed by atoms with Crippen LogP contribution in [0, 0.1) is 28.8 Å². The number of halogens is 3. The van der Waals surface area contributed by atoms with Crippen molar-refractivity contribution in [2.45, 2.75) is 6.10 Å². The molecule has 2 rings (SSSR count). The number of benzene rings is 2. The maximum atomic E-state index is 13.5. The highest BCUT2D eigenvalue weighted by molar-refractivity contribution is 6.00. The summed E-state index contributed by atoms with van der Waals surface area (Å²) in [5, 5.41) is 18.6. The lowest BCUT2D eigenvalue weighted by Crippen LogP contribution is -2.15. The van der Waals surface area contributed by atoms with E-state index >= 15 is 0 Å². The quantitative estimate of drug-likeness (QED) is 0.698. The van der Waals surface area contributed by atoms with Gasteiger partial charge in [0.05, 0.1) is 11.6 Å². The SMILES string of the molecule is N#Cc1cccc(C(=O)[C@H](O)c2cc(F)cc(F)c2F)c1. The molecule has 0 bridgehead atoms. The summed E-state index contributed by atoms with van der Waals surface area (Å²) >= 11 is 0. The van der Waals surface area contributed by atoms with E-state index in [1.807, 2.05) is 0 Å². The molecule has 0 aromatic heterocycles. The fourth-order valence-electron chi connectivity index (χ4n) is 1.82. The van der Waals surface area contributed by atoms with Crippen molar-refractivity contribution in [3.05, 3.63) is 70.5 Å². The number of ketones is 1. The summed E-state index contributed by atoms with van der Waals surface area (Å²) in [6.45, 7) is 0. The number of aliphatic hydroxyl groups excluding tert-OH is 1. The monoisotopic (exact) mass is 291 g/mol. The van der Waals surface area contributed by atoms with Gasteiger partial charge in [-0.05, 0) is 18.2 Å². The van der Waals surface area contributed by atoms with Crippen LogP contribution in [0.15, 0.2) is 36.4 Å². The molecule has 0 amide bonds. The summed E-state index contributed by atoms with van der Waals surface area (Å²) in [5.41, 5.74) is -0.690. The molecule has 2 aromatic rings. The Kier molecular flexibility index (Phi) is 4.05. The van der Waals surface area contributed by atoms with Crippen LogP contribution in [0.5, 0.6) is 0 Å². The summed E-state index contributed by atoms with van der Waals surface area (Å²) in [6, 6.07) is 8.00. The molecule has 3 nitrogen and oxygen atoms in total. The average Bonchev–Trinajstić information content (AvgIpc) is 2.49. The molecule has 0 fully saturated rings. The van der Waals surface area contributed by atoms with Crippen LogP contribution in [-0.4, -0.2) is 10.9 Å². The third-order valence-corrected chi connectivity index (χ3v) is 2.84. The molecule has 6 heteroatoms. The predicted octanol–water partition coefficient (Wildman–Crippen LogP) is 2.89. The van der Waals surface area contributed by atoms with Crippen LogP contribution in [0.4, 0.5) is 13.2 Å². The zero-order chi connectivity index (χ0) is 15.6. The Morgan fingerprint density at radius 3 is 2.57 bits per heavy atom. The topological polar surface area (TPSA) is 61.1 Å². The smallest absolute Gasteiger partial charge is 0.195 e. The molecule has 1 N–H and O–H groups in total. The first-order valence-corrected chi connectivity index (χ1v) is 5.81. The molecule has 21 heavy (non-hydrogen) atoms. The van der Waals surface area contributed by atoms with Crippen molar-refractivity contribution in [3.8, 4) is 6.07 Å². The molecular weight excluding hydrogens is 283 g/mol. The fourth-order valence-corrected chi connectivity index (χ4v) is 1.82. The van der Waals surface area contributed by atoms with Gasteiger partial charge < -0.3 is 5.11 Å². The van der Waals surface area contributed by atoms with E-state index in [4.69, 9.17) is 5.26 Å². The van der Waals surface area contributed by atoms with Gasteiger partial charge in [0.15, 0.2) is 17.4 Å². The maximum Gasteiger partial charge on any atom is 0.195 e. The Morgan fingerprint density at radius 1 is 1.19 bits per heavy atom. The van der Waals surface area contributed by atoms with Gasteiger partial charge in [-0.25, -0.2) is 13.2 Å². The van der Waals surface area contributed by atoms with Crippen LogP contribution in [0.1, 0.15) is 27.6 Å². The number of carbonyl (C=O) groups is 1. The Hall–Kier alpha value is -2.65. The highest BCUT2D eigenvalue weighted by Gasteiger charge is 2.25. The number of nitriles is 1. The van der Waals surface area contributed by atoms with E-state index in [1.54, 1.807) is 6.07 Å². The molecule has 0 aliphatic carbocycles. The molecule has 0 saturated carbocycles. The first-order valence-electron chi connectivity index (χ1n) is 5.81. The predicted molar refractivity (Wildman–Crippen MR) is 66.8 cm³/mol. The normalized spacial score (nSPS) is 11.8. The molecule has 0 spiro atoms. The van der Waals surface area contributed by atoms with E-state index in [9.17, 15) is 23.1 Å². The van der Waals surface area contributed by atoms with Crippen LogP contribution in [0.25, 0.3) is 0 Å². The molecule has 0 aliphatic heterocycles. The molecule has 0 heterocycles. The summed E-state index contributed by atoms with van der Waals surface area (Å²) in [6.07, 6.45) is -2.07. The van der Waals surface area contributed by atoms with Crippen molar-refractivity contribution in [2.75, 3.05) is 0 Å². The van der Waals surface area contributed by atoms with Gasteiger partial charge in [-0.1, -0.05) is 12.1 Å². The number of carbonyl (C=O) groups excluding carboxylic acids is 1. The zero-order valence-electron chi connectivity index (χ0n) is 10.5. The van der Waals surface area contributed by atoms with Crippen LogP contribution >= 0.6 is 0 Å². The van der Waals surface area contributed by atoms with Crippen molar-refractivity contribution in [1.29, 1.82) is 5.26 Å². The van der Waals surface area contributed by atoms with Gasteiger partial charge in [0, 0.05) is 17.2 Å². The third kappa shape index (κ3) is 2.93. The lowest BCUT2D eigenvalue weighted by molar-refractivity contribution is 0.0738. The molecule has 0 unspecified atom stereocenters. The fraction of sp³-hybridized carbons (Fsp3) is 0.0667. The minimum Gasteiger partial charge on any atom is -0.380 e. The molecule has 106 valence electrons. The number of hydrogen-bond acceptors (Lipinski definition) is 3. The van der Waals surface area contributed by atoms with Crippen LogP contribution in [0.2, 0.25) is 0 Å². The van der Waals surface area contributed by atoms with Crippen LogP contribution in [0.3, 0.4) is 0 Å². The minimum absolute atomic E-state index is 0.0642. The molecular formula is C15H8F3NO2. The van der Waals surface area contributed by atoms with Crippen molar-refractivity contribution in [2.24, 2.45) is 0 Å². The molecule has 1 atom stereocenters. The van der Waals surface area contributed by atoms with E-state index in [0.29, 0.717) is 12.1 Å². The number of rotatable bonds is 3. The number of hydrogen-bond donors (Lipinski definition) is 1. The van der Waals surface area contributed by atoms with Crippen LogP contribution in [-0.2, 0) is 0 Å². The second kappa shape index (κ2) is 5.77. The van der Waals surface area contributed by atoms with Gasteiger partial charge in [0.1, 0.15) is 11.9 Å². The maximum absolute atomic E-state index is 13.5. The highest BCUT2D eigenvalue weighted by Crippen LogP contribution is 2.24. The van der Waals surface area contributed by atoms with Crippen molar-refractivity contribution in [3.63, 3.8) is 0 Å². The molecule has 0 saturated heterocycles. The van der Waals surface area contributed by atoms with E-state index < -0.39 is 34.9 Å². The first-order chi connectivity index (χ1) is 9.93. The van der Waals surface area contributed by atoms with E-state index in [1.165, 1.54) is 24.3 Å². The Morgan fingerprint density at radius 2 is 1.90 bits per heavy atom. The van der Waals surface area contributed by atoms with E-state index in [-0.39, 0.29) is 11.1 Å². The Balaban J connectivity index is 2.42. The van der Waals surface area contributed by atoms with Gasteiger partial charge >= 0.3 is 0 Å². The summed E-state index contributed by atoms with van der Waals surface area (Å²) < 4.78 is 39.7. The zero-order valence-corrected chi connectivity index (χ0v) is 10.5. The van der Waals surface area contributed by atoms with E-state index in [2.05, 4.69) is 0 Å². The number of Topliss-reactive ketones (excluding diaryl/α,β-unsaturated/α-hetero) is 1. The van der Waals surface area contributed by atoms with Gasteiger partial charge in [-0.3, -0.25) is 4.79 Å². The van der Waals surface area contributed by atoms with Crippen molar-refractivity contribution in [1.82, 2.24) is 0 Å². The lowest BCUT2D eigenvalue weighted by atomic mass is 9.98. The average molecular weight is 291 g/mol. The largest absolute Gasteiger partial charge is 0.380 e. The highest BCUT2D eigenvalue weighted by atomic mass is 19.2. The molecule has 0 aliphatic rings. The number of nitrogens with zero attached hydrogens (tertiary/aromatic N) is 1. The standard InChI is InChI=1S/C15H8F3NO2/c16-10-5-11(13(18)12(17)6-10)15(21)14(20)9-3-1-2-8(4-9)7-19/h1-6,15,21H/t15-/m1/s1.